The Morgan fingerprint density at radius 3 is 2.47 bits per heavy atom. The molecule has 2 heterocycles. The van der Waals surface area contributed by atoms with Crippen molar-refractivity contribution in [3.05, 3.63) is 0 Å². The van der Waals surface area contributed by atoms with Gasteiger partial charge < -0.3 is 4.74 Å². The maximum Gasteiger partial charge on any atom is 0.279 e. The fourth-order valence-electron chi connectivity index (χ4n) is 2.34. The zero-order valence-electron chi connectivity index (χ0n) is 10.2. The molecule has 0 unspecified atom stereocenters. The fraction of sp³-hybridized carbons (Fsp3) is 1.00. The van der Waals surface area contributed by atoms with Crippen molar-refractivity contribution in [3.63, 3.8) is 0 Å². The first-order valence-electron chi connectivity index (χ1n) is 6.51. The van der Waals surface area contributed by atoms with Gasteiger partial charge >= 0.3 is 0 Å². The maximum atomic E-state index is 12.1. The molecule has 1 N–H and O–H groups in total. The molecule has 6 heteroatoms. The Kier molecular flexibility index (Phi) is 4.78. The average Bonchev–Trinajstić information content (AvgIpc) is 2.66. The molecule has 0 bridgehead atoms. The van der Waals surface area contributed by atoms with Crippen molar-refractivity contribution in [2.45, 2.75) is 32.1 Å². The predicted molar refractivity (Wildman–Crippen MR) is 65.9 cm³/mol. The van der Waals surface area contributed by atoms with Gasteiger partial charge in [0.25, 0.3) is 10.2 Å². The molecular weight excluding hydrogens is 240 g/mol. The molecule has 0 aromatic rings. The van der Waals surface area contributed by atoms with E-state index >= 15 is 0 Å². The van der Waals surface area contributed by atoms with Crippen LogP contribution in [0.25, 0.3) is 0 Å². The monoisotopic (exact) mass is 262 g/mol. The van der Waals surface area contributed by atoms with E-state index < -0.39 is 10.2 Å². The van der Waals surface area contributed by atoms with Gasteiger partial charge in [-0.1, -0.05) is 12.8 Å². The highest BCUT2D eigenvalue weighted by molar-refractivity contribution is 7.87. The van der Waals surface area contributed by atoms with Crippen LogP contribution in [0.15, 0.2) is 0 Å². The van der Waals surface area contributed by atoms with Gasteiger partial charge in [0, 0.05) is 26.2 Å². The summed E-state index contributed by atoms with van der Waals surface area (Å²) in [6.45, 7) is 3.28. The highest BCUT2D eigenvalue weighted by Crippen LogP contribution is 2.14. The lowest BCUT2D eigenvalue weighted by molar-refractivity contribution is 0.186. The van der Waals surface area contributed by atoms with Gasteiger partial charge in [-0.2, -0.15) is 12.7 Å². The molecule has 5 nitrogen and oxygen atoms in total. The molecule has 0 amide bonds. The second-order valence-corrected chi connectivity index (χ2v) is 6.65. The first kappa shape index (κ1) is 13.3. The molecule has 2 aliphatic rings. The second-order valence-electron chi connectivity index (χ2n) is 4.90. The average molecular weight is 262 g/mol. The fourth-order valence-corrected chi connectivity index (χ4v) is 3.71. The van der Waals surface area contributed by atoms with Gasteiger partial charge in [0.15, 0.2) is 0 Å². The summed E-state index contributed by atoms with van der Waals surface area (Å²) >= 11 is 0. The third-order valence-electron chi connectivity index (χ3n) is 3.48. The van der Waals surface area contributed by atoms with Crippen LogP contribution < -0.4 is 4.72 Å². The van der Waals surface area contributed by atoms with Crippen molar-refractivity contribution in [2.75, 3.05) is 32.8 Å². The van der Waals surface area contributed by atoms with E-state index in [9.17, 15) is 8.42 Å². The molecule has 0 aromatic carbocycles. The van der Waals surface area contributed by atoms with Crippen LogP contribution >= 0.6 is 0 Å². The van der Waals surface area contributed by atoms with Crippen molar-refractivity contribution < 1.29 is 13.2 Å². The van der Waals surface area contributed by atoms with Crippen LogP contribution in [0.4, 0.5) is 0 Å². The van der Waals surface area contributed by atoms with Crippen LogP contribution in [0.3, 0.4) is 0 Å². The molecule has 100 valence electrons. The summed E-state index contributed by atoms with van der Waals surface area (Å²) < 4.78 is 33.7. The molecule has 2 saturated heterocycles. The first-order valence-corrected chi connectivity index (χ1v) is 7.95. The molecular formula is C11H22N2O3S. The van der Waals surface area contributed by atoms with E-state index in [4.69, 9.17) is 4.74 Å². The molecule has 2 aliphatic heterocycles. The Morgan fingerprint density at radius 1 is 1.18 bits per heavy atom. The minimum Gasteiger partial charge on any atom is -0.381 e. The number of ether oxygens (including phenoxy) is 1. The van der Waals surface area contributed by atoms with E-state index in [1.54, 1.807) is 4.31 Å². The largest absolute Gasteiger partial charge is 0.381 e. The number of rotatable bonds is 4. The summed E-state index contributed by atoms with van der Waals surface area (Å²) in [5.74, 6) is 0.344. The van der Waals surface area contributed by atoms with Crippen molar-refractivity contribution >= 4 is 10.2 Å². The summed E-state index contributed by atoms with van der Waals surface area (Å²) in [6, 6.07) is 0. The van der Waals surface area contributed by atoms with Crippen molar-refractivity contribution in [1.29, 1.82) is 0 Å². The van der Waals surface area contributed by atoms with Gasteiger partial charge in [-0.15, -0.1) is 0 Å². The molecule has 17 heavy (non-hydrogen) atoms. The molecule has 2 rings (SSSR count). The smallest absolute Gasteiger partial charge is 0.279 e. The highest BCUT2D eigenvalue weighted by atomic mass is 32.2. The molecule has 1 atom stereocenters. The van der Waals surface area contributed by atoms with Gasteiger partial charge in [0.1, 0.15) is 0 Å². The predicted octanol–water partition coefficient (Wildman–Crippen LogP) is 0.733. The van der Waals surface area contributed by atoms with Crippen LogP contribution in [0.5, 0.6) is 0 Å². The van der Waals surface area contributed by atoms with Crippen molar-refractivity contribution in [2.24, 2.45) is 5.92 Å². The Morgan fingerprint density at radius 2 is 1.88 bits per heavy atom. The molecule has 0 saturated carbocycles. The number of nitrogens with one attached hydrogen (secondary N) is 1. The number of hydrogen-bond donors (Lipinski definition) is 1. The Bertz CT molecular complexity index is 318. The zero-order valence-corrected chi connectivity index (χ0v) is 11.0. The van der Waals surface area contributed by atoms with Gasteiger partial charge in [-0.05, 0) is 25.2 Å². The van der Waals surface area contributed by atoms with E-state index in [2.05, 4.69) is 4.72 Å². The van der Waals surface area contributed by atoms with E-state index in [0.29, 0.717) is 32.2 Å². The van der Waals surface area contributed by atoms with E-state index in [0.717, 1.165) is 38.7 Å². The van der Waals surface area contributed by atoms with Crippen LogP contribution in [-0.4, -0.2) is 45.6 Å². The normalized spacial score (nSPS) is 28.1. The topological polar surface area (TPSA) is 58.6 Å². The van der Waals surface area contributed by atoms with Gasteiger partial charge in [-0.25, -0.2) is 4.72 Å². The summed E-state index contributed by atoms with van der Waals surface area (Å²) in [6.07, 6.45) is 5.20. The third kappa shape index (κ3) is 3.91. The van der Waals surface area contributed by atoms with E-state index in [-0.39, 0.29) is 0 Å². The molecule has 0 spiro atoms. The number of hydrogen-bond acceptors (Lipinski definition) is 3. The zero-order chi connectivity index (χ0) is 12.1. The van der Waals surface area contributed by atoms with E-state index in [1.165, 1.54) is 0 Å². The van der Waals surface area contributed by atoms with Gasteiger partial charge in [0.05, 0.1) is 6.61 Å². The third-order valence-corrected chi connectivity index (χ3v) is 5.06. The summed E-state index contributed by atoms with van der Waals surface area (Å²) in [5.41, 5.74) is 0. The molecule has 0 aromatic heterocycles. The van der Waals surface area contributed by atoms with Crippen molar-refractivity contribution in [1.82, 2.24) is 9.03 Å². The molecule has 2 fully saturated rings. The standard InChI is InChI=1S/C11H22N2O3S/c14-17(15,12-9-11-5-8-16-10-11)13-6-3-1-2-4-7-13/h11-12H,1-10H2/t11-/m1/s1. The van der Waals surface area contributed by atoms with Gasteiger partial charge in [-0.3, -0.25) is 0 Å². The SMILES string of the molecule is O=S(=O)(NC[C@H]1CCOC1)N1CCCCCC1. The Balaban J connectivity index is 1.83. The quantitative estimate of drug-likeness (QED) is 0.812. The highest BCUT2D eigenvalue weighted by Gasteiger charge is 2.24. The minimum atomic E-state index is -3.27. The van der Waals surface area contributed by atoms with E-state index in [1.807, 2.05) is 0 Å². The number of nitrogens with zero attached hydrogens (tertiary/aromatic N) is 1. The second kappa shape index (κ2) is 6.13. The van der Waals surface area contributed by atoms with Crippen molar-refractivity contribution in [3.8, 4) is 0 Å². The van der Waals surface area contributed by atoms with Crippen LogP contribution in [0.2, 0.25) is 0 Å². The lowest BCUT2D eigenvalue weighted by Crippen LogP contribution is -2.43. The van der Waals surface area contributed by atoms with Gasteiger partial charge in [0.2, 0.25) is 0 Å². The summed E-state index contributed by atoms with van der Waals surface area (Å²) in [4.78, 5) is 0. The van der Waals surface area contributed by atoms with Crippen LogP contribution in [0, 0.1) is 5.92 Å². The summed E-state index contributed by atoms with van der Waals surface area (Å²) in [7, 11) is -3.27. The Labute approximate surface area is 104 Å². The minimum absolute atomic E-state index is 0.344. The van der Waals surface area contributed by atoms with Crippen LogP contribution in [-0.2, 0) is 14.9 Å². The lowest BCUT2D eigenvalue weighted by Gasteiger charge is -2.21. The Hall–Kier alpha value is -0.170. The lowest BCUT2D eigenvalue weighted by atomic mass is 10.1. The first-order chi connectivity index (χ1) is 8.18. The summed E-state index contributed by atoms with van der Waals surface area (Å²) in [5, 5.41) is 0. The van der Waals surface area contributed by atoms with Crippen LogP contribution in [0.1, 0.15) is 32.1 Å². The molecule has 0 aliphatic carbocycles. The maximum absolute atomic E-state index is 12.1. The molecule has 0 radical (unpaired) electrons.